The maximum Gasteiger partial charge on any atom is 0.241 e. The van der Waals surface area contributed by atoms with E-state index in [0.717, 1.165) is 48.9 Å². The predicted octanol–water partition coefficient (Wildman–Crippen LogP) is 3.07. The molecule has 2 aromatic carbocycles. The molecule has 1 heterocycles. The molecule has 3 rings (SSSR count). The van der Waals surface area contributed by atoms with Crippen LogP contribution < -0.4 is 15.0 Å². The van der Waals surface area contributed by atoms with Gasteiger partial charge in [-0.25, -0.2) is 0 Å². The van der Waals surface area contributed by atoms with Crippen molar-refractivity contribution in [2.75, 3.05) is 50.1 Å². The second-order valence-corrected chi connectivity index (χ2v) is 6.71. The summed E-state index contributed by atoms with van der Waals surface area (Å²) in [5.74, 6) is 1.02. The van der Waals surface area contributed by atoms with Crippen LogP contribution >= 0.6 is 0 Å². The monoisotopic (exact) mass is 353 g/mol. The fourth-order valence-electron chi connectivity index (χ4n) is 3.30. The van der Waals surface area contributed by atoms with Gasteiger partial charge in [-0.1, -0.05) is 24.3 Å². The number of aryl methyl sites for hydroxylation is 2. The lowest BCUT2D eigenvalue weighted by molar-refractivity contribution is -0.129. The molecule has 0 spiro atoms. The Morgan fingerprint density at radius 2 is 1.81 bits per heavy atom. The molecule has 0 bridgehead atoms. The summed E-state index contributed by atoms with van der Waals surface area (Å²) in [5, 5.41) is 3.29. The third kappa shape index (κ3) is 4.10. The highest BCUT2D eigenvalue weighted by atomic mass is 16.5. The van der Waals surface area contributed by atoms with E-state index in [9.17, 15) is 4.79 Å². The number of hydrogen-bond donors (Lipinski definition) is 1. The molecule has 2 aromatic rings. The zero-order valence-corrected chi connectivity index (χ0v) is 15.8. The van der Waals surface area contributed by atoms with E-state index in [0.29, 0.717) is 6.54 Å². The first-order chi connectivity index (χ1) is 12.6. The number of piperazine rings is 1. The lowest BCUT2D eigenvalue weighted by atomic mass is 10.1. The number of hydrogen-bond acceptors (Lipinski definition) is 4. The molecule has 138 valence electrons. The maximum absolute atomic E-state index is 12.6. The Kier molecular flexibility index (Phi) is 5.66. The summed E-state index contributed by atoms with van der Waals surface area (Å²) in [6, 6.07) is 14.3. The summed E-state index contributed by atoms with van der Waals surface area (Å²) < 4.78 is 5.45. The van der Waals surface area contributed by atoms with Crippen molar-refractivity contribution in [1.29, 1.82) is 0 Å². The number of benzene rings is 2. The number of rotatable bonds is 5. The van der Waals surface area contributed by atoms with E-state index in [1.54, 1.807) is 7.11 Å². The van der Waals surface area contributed by atoms with Crippen molar-refractivity contribution in [1.82, 2.24) is 4.90 Å². The van der Waals surface area contributed by atoms with Crippen molar-refractivity contribution in [2.45, 2.75) is 13.8 Å². The first-order valence-corrected chi connectivity index (χ1v) is 9.05. The Bertz CT molecular complexity index is 768. The first kappa shape index (κ1) is 18.1. The van der Waals surface area contributed by atoms with Gasteiger partial charge in [-0.05, 0) is 43.2 Å². The molecule has 5 heteroatoms. The van der Waals surface area contributed by atoms with Crippen molar-refractivity contribution in [3.8, 4) is 5.75 Å². The molecule has 1 aliphatic heterocycles. The van der Waals surface area contributed by atoms with Crippen molar-refractivity contribution in [3.63, 3.8) is 0 Å². The fraction of sp³-hybridized carbons (Fsp3) is 0.381. The molecule has 0 aliphatic carbocycles. The van der Waals surface area contributed by atoms with Gasteiger partial charge in [0, 0.05) is 31.9 Å². The maximum atomic E-state index is 12.6. The Hall–Kier alpha value is -2.69. The van der Waals surface area contributed by atoms with Gasteiger partial charge >= 0.3 is 0 Å². The summed E-state index contributed by atoms with van der Waals surface area (Å²) in [6.45, 7) is 7.53. The minimum Gasteiger partial charge on any atom is -0.495 e. The molecule has 0 saturated carbocycles. The molecule has 1 aliphatic rings. The first-order valence-electron chi connectivity index (χ1n) is 9.05. The van der Waals surface area contributed by atoms with E-state index in [1.165, 1.54) is 5.56 Å². The van der Waals surface area contributed by atoms with E-state index >= 15 is 0 Å². The van der Waals surface area contributed by atoms with Crippen LogP contribution in [0.1, 0.15) is 11.1 Å². The Labute approximate surface area is 155 Å². The molecule has 1 amide bonds. The Morgan fingerprint density at radius 1 is 1.08 bits per heavy atom. The van der Waals surface area contributed by atoms with Gasteiger partial charge in [0.15, 0.2) is 0 Å². The zero-order valence-electron chi connectivity index (χ0n) is 15.8. The topological polar surface area (TPSA) is 44.8 Å². The molecular weight excluding hydrogens is 326 g/mol. The number of nitrogens with one attached hydrogen (secondary N) is 1. The molecule has 26 heavy (non-hydrogen) atoms. The molecule has 0 aromatic heterocycles. The SMILES string of the molecule is COc1ccccc1N1CCN(C(=O)CNc2cc(C)ccc2C)CC1. The highest BCUT2D eigenvalue weighted by Gasteiger charge is 2.22. The average molecular weight is 353 g/mol. The van der Waals surface area contributed by atoms with Crippen LogP contribution in [0.2, 0.25) is 0 Å². The quantitative estimate of drug-likeness (QED) is 0.897. The van der Waals surface area contributed by atoms with Gasteiger partial charge in [0.05, 0.1) is 19.3 Å². The molecule has 0 radical (unpaired) electrons. The second kappa shape index (κ2) is 8.13. The second-order valence-electron chi connectivity index (χ2n) is 6.71. The summed E-state index contributed by atoms with van der Waals surface area (Å²) in [5.41, 5.74) is 4.47. The average Bonchev–Trinajstić information content (AvgIpc) is 2.68. The molecule has 0 atom stereocenters. The highest BCUT2D eigenvalue weighted by molar-refractivity contribution is 5.81. The minimum absolute atomic E-state index is 0.144. The van der Waals surface area contributed by atoms with Crippen LogP contribution in [0, 0.1) is 13.8 Å². The predicted molar refractivity (Wildman–Crippen MR) is 106 cm³/mol. The van der Waals surface area contributed by atoms with Gasteiger partial charge in [-0.2, -0.15) is 0 Å². The van der Waals surface area contributed by atoms with Crippen LogP contribution in [0.15, 0.2) is 42.5 Å². The largest absolute Gasteiger partial charge is 0.495 e. The third-order valence-corrected chi connectivity index (χ3v) is 4.88. The lowest BCUT2D eigenvalue weighted by Gasteiger charge is -2.36. The highest BCUT2D eigenvalue weighted by Crippen LogP contribution is 2.28. The molecular formula is C21H27N3O2. The fourth-order valence-corrected chi connectivity index (χ4v) is 3.30. The van der Waals surface area contributed by atoms with E-state index in [4.69, 9.17) is 4.74 Å². The summed E-state index contributed by atoms with van der Waals surface area (Å²) in [4.78, 5) is 16.8. The van der Waals surface area contributed by atoms with E-state index < -0.39 is 0 Å². The van der Waals surface area contributed by atoms with Crippen molar-refractivity contribution in [3.05, 3.63) is 53.6 Å². The van der Waals surface area contributed by atoms with Gasteiger partial charge < -0.3 is 19.9 Å². The summed E-state index contributed by atoms with van der Waals surface area (Å²) in [6.07, 6.45) is 0. The van der Waals surface area contributed by atoms with Crippen LogP contribution in [0.5, 0.6) is 5.75 Å². The number of para-hydroxylation sites is 2. The summed E-state index contributed by atoms with van der Waals surface area (Å²) >= 11 is 0. The van der Waals surface area contributed by atoms with E-state index in [2.05, 4.69) is 48.3 Å². The van der Waals surface area contributed by atoms with Gasteiger partial charge in [0.2, 0.25) is 5.91 Å². The molecule has 1 N–H and O–H groups in total. The number of carbonyl (C=O) groups is 1. The lowest BCUT2D eigenvalue weighted by Crippen LogP contribution is -2.50. The number of carbonyl (C=O) groups excluding carboxylic acids is 1. The third-order valence-electron chi connectivity index (χ3n) is 4.88. The van der Waals surface area contributed by atoms with Gasteiger partial charge in [0.1, 0.15) is 5.75 Å². The molecule has 1 saturated heterocycles. The number of amides is 1. The number of methoxy groups -OCH3 is 1. The van der Waals surface area contributed by atoms with Crippen LogP contribution in [0.3, 0.4) is 0 Å². The van der Waals surface area contributed by atoms with Crippen molar-refractivity contribution in [2.24, 2.45) is 0 Å². The standard InChI is InChI=1S/C21H27N3O2/c1-16-8-9-17(2)18(14-16)22-15-21(25)24-12-10-23(11-13-24)19-6-4-5-7-20(19)26-3/h4-9,14,22H,10-13,15H2,1-3H3. The van der Waals surface area contributed by atoms with E-state index in [-0.39, 0.29) is 5.91 Å². The van der Waals surface area contributed by atoms with Crippen LogP contribution in [-0.4, -0.2) is 50.6 Å². The summed E-state index contributed by atoms with van der Waals surface area (Å²) in [7, 11) is 1.69. The number of nitrogens with zero attached hydrogens (tertiary/aromatic N) is 2. The molecule has 5 nitrogen and oxygen atoms in total. The van der Waals surface area contributed by atoms with Crippen LogP contribution in [0.4, 0.5) is 11.4 Å². The van der Waals surface area contributed by atoms with Crippen LogP contribution in [-0.2, 0) is 4.79 Å². The smallest absolute Gasteiger partial charge is 0.241 e. The number of anilines is 2. The Balaban J connectivity index is 1.54. The van der Waals surface area contributed by atoms with Crippen molar-refractivity contribution < 1.29 is 9.53 Å². The molecule has 1 fully saturated rings. The van der Waals surface area contributed by atoms with E-state index in [1.807, 2.05) is 23.1 Å². The minimum atomic E-state index is 0.144. The normalized spacial score (nSPS) is 14.3. The Morgan fingerprint density at radius 3 is 2.54 bits per heavy atom. The van der Waals surface area contributed by atoms with Crippen LogP contribution in [0.25, 0.3) is 0 Å². The van der Waals surface area contributed by atoms with Gasteiger partial charge in [-0.15, -0.1) is 0 Å². The van der Waals surface area contributed by atoms with Gasteiger partial charge in [0.25, 0.3) is 0 Å². The zero-order chi connectivity index (χ0) is 18.5. The molecule has 0 unspecified atom stereocenters. The number of ether oxygens (including phenoxy) is 1. The van der Waals surface area contributed by atoms with Gasteiger partial charge in [-0.3, -0.25) is 4.79 Å². The van der Waals surface area contributed by atoms with Crippen molar-refractivity contribution >= 4 is 17.3 Å².